The van der Waals surface area contributed by atoms with Gasteiger partial charge in [-0.3, -0.25) is 0 Å². The molecule has 0 aliphatic carbocycles. The third-order valence-electron chi connectivity index (χ3n) is 8.93. The van der Waals surface area contributed by atoms with E-state index in [1.54, 1.807) is 54.6 Å². The summed E-state index contributed by atoms with van der Waals surface area (Å²) in [5, 5.41) is 13.3. The van der Waals surface area contributed by atoms with Crippen LogP contribution in [0.15, 0.2) is 85.2 Å². The molecule has 0 spiro atoms. The van der Waals surface area contributed by atoms with Crippen LogP contribution in [-0.4, -0.2) is 48.6 Å². The van der Waals surface area contributed by atoms with E-state index < -0.39 is 24.2 Å². The van der Waals surface area contributed by atoms with Crippen molar-refractivity contribution >= 4 is 17.0 Å². The molecular weight excluding hydrogens is 654 g/mol. The second-order valence-corrected chi connectivity index (χ2v) is 12.9. The quantitative estimate of drug-likeness (QED) is 0.145. The minimum Gasteiger partial charge on any atom is -0.478 e. The number of nitrogens with zero attached hydrogens (tertiary/aromatic N) is 5. The zero-order valence-corrected chi connectivity index (χ0v) is 27.0. The Morgan fingerprint density at radius 1 is 1.02 bits per heavy atom. The van der Waals surface area contributed by atoms with Gasteiger partial charge in [0.15, 0.2) is 0 Å². The highest BCUT2D eigenvalue weighted by atomic mass is 19.3. The van der Waals surface area contributed by atoms with E-state index >= 15 is 8.78 Å². The van der Waals surface area contributed by atoms with Crippen molar-refractivity contribution in [3.63, 3.8) is 0 Å². The first-order valence-corrected chi connectivity index (χ1v) is 15.8. The third kappa shape index (κ3) is 6.43. The molecule has 1 fully saturated rings. The van der Waals surface area contributed by atoms with E-state index in [4.69, 9.17) is 14.5 Å². The summed E-state index contributed by atoms with van der Waals surface area (Å²) in [4.78, 5) is 20.9. The summed E-state index contributed by atoms with van der Waals surface area (Å²) in [6.45, 7) is 2.32. The Labute approximate surface area is 283 Å². The largest absolute Gasteiger partial charge is 0.478 e. The van der Waals surface area contributed by atoms with Crippen molar-refractivity contribution in [3.05, 3.63) is 119 Å². The third-order valence-corrected chi connectivity index (χ3v) is 8.93. The van der Waals surface area contributed by atoms with Crippen molar-refractivity contribution in [2.24, 2.45) is 5.41 Å². The van der Waals surface area contributed by atoms with Crippen LogP contribution in [0.2, 0.25) is 0 Å². The predicted molar refractivity (Wildman–Crippen MR) is 176 cm³/mol. The van der Waals surface area contributed by atoms with Crippen LogP contribution in [0.3, 0.4) is 0 Å². The zero-order valence-electron chi connectivity index (χ0n) is 27.0. The SMILES string of the molecule is CC1(C)COC[C@H]1n1c(Cc2cc(F)c(-c3cccc(OCc4ccc(-c5cnn(C(F)F)c5)cc4)n3)cc2F)nc2ccc(C(=O)O)cc21. The van der Waals surface area contributed by atoms with E-state index in [1.165, 1.54) is 18.5 Å². The molecule has 1 saturated heterocycles. The number of alkyl halides is 2. The van der Waals surface area contributed by atoms with E-state index in [9.17, 15) is 18.7 Å². The van der Waals surface area contributed by atoms with Crippen molar-refractivity contribution in [2.75, 3.05) is 13.2 Å². The van der Waals surface area contributed by atoms with Crippen molar-refractivity contribution in [1.82, 2.24) is 24.3 Å². The summed E-state index contributed by atoms with van der Waals surface area (Å²) in [6.07, 6.45) is 2.58. The van der Waals surface area contributed by atoms with Gasteiger partial charge in [0.2, 0.25) is 5.88 Å². The van der Waals surface area contributed by atoms with Crippen LogP contribution in [0.1, 0.15) is 53.7 Å². The van der Waals surface area contributed by atoms with Crippen molar-refractivity contribution in [2.45, 2.75) is 39.5 Å². The van der Waals surface area contributed by atoms with Crippen LogP contribution in [0.5, 0.6) is 5.88 Å². The fourth-order valence-electron chi connectivity index (χ4n) is 6.21. The summed E-state index contributed by atoms with van der Waals surface area (Å²) in [5.74, 6) is -1.76. The maximum Gasteiger partial charge on any atom is 0.335 e. The number of aromatic carboxylic acids is 1. The highest BCUT2D eigenvalue weighted by molar-refractivity contribution is 5.92. The monoisotopic (exact) mass is 685 g/mol. The number of pyridine rings is 1. The number of hydrogen-bond acceptors (Lipinski definition) is 6. The van der Waals surface area contributed by atoms with Gasteiger partial charge in [-0.1, -0.05) is 44.2 Å². The molecule has 9 nitrogen and oxygen atoms in total. The van der Waals surface area contributed by atoms with Gasteiger partial charge in [-0.05, 0) is 53.1 Å². The standard InChI is InChI=1S/C37H31F4N5O4/c1-37(2)20-49-19-32(37)46-31-13-23(35(47)48)10-11-30(31)43-33(46)14-24-12-28(39)26(15-27(24)38)29-4-3-5-34(44-29)50-18-21-6-8-22(9-7-21)25-16-42-45(17-25)36(40)41/h3-13,15-17,32,36H,14,18-20H2,1-2H3,(H,47,48)/t32-/m1/s1. The molecular formula is C37H31F4N5O4. The van der Waals surface area contributed by atoms with Crippen LogP contribution in [0.4, 0.5) is 17.6 Å². The lowest BCUT2D eigenvalue weighted by Gasteiger charge is -2.28. The Hall–Kier alpha value is -5.56. The zero-order chi connectivity index (χ0) is 35.2. The smallest absolute Gasteiger partial charge is 0.335 e. The first kappa shape index (κ1) is 33.0. The molecule has 1 N–H and O–H groups in total. The number of imidazole rings is 1. The molecule has 7 rings (SSSR count). The van der Waals surface area contributed by atoms with Crippen LogP contribution in [-0.2, 0) is 17.8 Å². The summed E-state index contributed by atoms with van der Waals surface area (Å²) in [5.41, 5.74) is 3.15. The molecule has 0 amide bonds. The second-order valence-electron chi connectivity index (χ2n) is 12.9. The number of carboxylic acid groups (broad SMARTS) is 1. The molecule has 0 unspecified atom stereocenters. The minimum absolute atomic E-state index is 0.0450. The Kier molecular flexibility index (Phi) is 8.60. The van der Waals surface area contributed by atoms with Crippen LogP contribution in [0.25, 0.3) is 33.4 Å². The number of halogens is 4. The van der Waals surface area contributed by atoms with Crippen molar-refractivity contribution in [3.8, 4) is 28.3 Å². The molecule has 0 saturated carbocycles. The normalized spacial score (nSPS) is 15.6. The molecule has 6 aromatic rings. The highest BCUT2D eigenvalue weighted by Gasteiger charge is 2.39. The van der Waals surface area contributed by atoms with Crippen LogP contribution < -0.4 is 4.74 Å². The molecule has 50 heavy (non-hydrogen) atoms. The Morgan fingerprint density at radius 2 is 1.82 bits per heavy atom. The minimum atomic E-state index is -2.72. The summed E-state index contributed by atoms with van der Waals surface area (Å²) in [7, 11) is 0. The average Bonchev–Trinajstić information content (AvgIpc) is 3.82. The summed E-state index contributed by atoms with van der Waals surface area (Å²) in [6, 6.07) is 18.6. The van der Waals surface area contributed by atoms with Gasteiger partial charge in [0, 0.05) is 35.2 Å². The average molecular weight is 686 g/mol. The number of benzene rings is 3. The molecule has 0 bridgehead atoms. The van der Waals surface area contributed by atoms with Gasteiger partial charge in [-0.25, -0.2) is 28.2 Å². The molecule has 13 heteroatoms. The van der Waals surface area contributed by atoms with Gasteiger partial charge in [0.1, 0.15) is 24.1 Å². The molecule has 4 heterocycles. The van der Waals surface area contributed by atoms with Gasteiger partial charge in [0.05, 0.1) is 47.7 Å². The van der Waals surface area contributed by atoms with Crippen molar-refractivity contribution in [1.29, 1.82) is 0 Å². The topological polar surface area (TPSA) is 104 Å². The molecule has 3 aromatic carbocycles. The lowest BCUT2D eigenvalue weighted by molar-refractivity contribution is 0.0566. The Morgan fingerprint density at radius 3 is 2.52 bits per heavy atom. The fraction of sp³-hybridized carbons (Fsp3) is 0.243. The summed E-state index contributed by atoms with van der Waals surface area (Å²) >= 11 is 0. The maximum absolute atomic E-state index is 15.7. The van der Waals surface area contributed by atoms with E-state index in [1.807, 2.05) is 18.4 Å². The van der Waals surface area contributed by atoms with E-state index in [-0.39, 0.29) is 52.7 Å². The molecule has 3 aromatic heterocycles. The molecule has 0 radical (unpaired) electrons. The van der Waals surface area contributed by atoms with Gasteiger partial charge >= 0.3 is 12.5 Å². The number of rotatable bonds is 10. The molecule has 1 aliphatic rings. The van der Waals surface area contributed by atoms with E-state index in [0.717, 1.165) is 17.7 Å². The number of aromatic nitrogens is 5. The first-order valence-electron chi connectivity index (χ1n) is 15.8. The Balaban J connectivity index is 1.11. The number of carboxylic acids is 1. The van der Waals surface area contributed by atoms with E-state index in [0.29, 0.717) is 45.9 Å². The lowest BCUT2D eigenvalue weighted by Crippen LogP contribution is -2.27. The molecule has 256 valence electrons. The fourth-order valence-corrected chi connectivity index (χ4v) is 6.21. The number of hydrogen-bond donors (Lipinski definition) is 1. The highest BCUT2D eigenvalue weighted by Crippen LogP contribution is 2.41. The lowest BCUT2D eigenvalue weighted by atomic mass is 9.87. The predicted octanol–water partition coefficient (Wildman–Crippen LogP) is 8.10. The van der Waals surface area contributed by atoms with Gasteiger partial charge in [0.25, 0.3) is 0 Å². The Bertz CT molecular complexity index is 2210. The van der Waals surface area contributed by atoms with Crippen LogP contribution >= 0.6 is 0 Å². The second kappa shape index (κ2) is 13.0. The molecule has 1 aliphatic heterocycles. The number of fused-ring (bicyclic) bond motifs is 1. The van der Waals surface area contributed by atoms with Crippen LogP contribution in [0, 0.1) is 17.0 Å². The van der Waals surface area contributed by atoms with E-state index in [2.05, 4.69) is 10.1 Å². The molecule has 1 atom stereocenters. The van der Waals surface area contributed by atoms with Gasteiger partial charge < -0.3 is 19.1 Å². The van der Waals surface area contributed by atoms with Gasteiger partial charge in [-0.2, -0.15) is 13.9 Å². The van der Waals surface area contributed by atoms with Gasteiger partial charge in [-0.15, -0.1) is 0 Å². The number of carbonyl (C=O) groups is 1. The summed E-state index contributed by atoms with van der Waals surface area (Å²) < 4.78 is 71.3. The maximum atomic E-state index is 15.7. The van der Waals surface area contributed by atoms with Crippen molar-refractivity contribution < 1.29 is 36.9 Å². The first-order chi connectivity index (χ1) is 24.0. The number of ether oxygens (including phenoxy) is 2.